The molecule has 0 aromatic carbocycles. The first kappa shape index (κ1) is 16.4. The number of likely N-dealkylation sites (N-methyl/N-ethyl adjacent to an activating group) is 1. The molecule has 126 valence electrons. The van der Waals surface area contributed by atoms with Gasteiger partial charge in [-0.25, -0.2) is 0 Å². The number of aromatic nitrogens is 1. The minimum absolute atomic E-state index is 0.0390. The van der Waals surface area contributed by atoms with Gasteiger partial charge in [0.1, 0.15) is 5.54 Å². The zero-order valence-electron chi connectivity index (χ0n) is 13.8. The third-order valence-corrected chi connectivity index (χ3v) is 5.29. The molecule has 1 amide bonds. The van der Waals surface area contributed by atoms with Crippen molar-refractivity contribution in [2.45, 2.75) is 24.9 Å². The summed E-state index contributed by atoms with van der Waals surface area (Å²) in [6.07, 6.45) is 3.51. The minimum atomic E-state index is -0.381. The first-order valence-electron chi connectivity index (χ1n) is 8.39. The van der Waals surface area contributed by atoms with E-state index in [1.54, 1.807) is 0 Å². The molecule has 0 radical (unpaired) electrons. The van der Waals surface area contributed by atoms with Crippen LogP contribution in [0.5, 0.6) is 0 Å². The van der Waals surface area contributed by atoms with Gasteiger partial charge in [-0.2, -0.15) is 0 Å². The molecule has 23 heavy (non-hydrogen) atoms. The fourth-order valence-electron chi connectivity index (χ4n) is 3.78. The molecule has 0 atom stereocenters. The van der Waals surface area contributed by atoms with E-state index >= 15 is 0 Å². The van der Waals surface area contributed by atoms with Crippen LogP contribution in [0.15, 0.2) is 24.4 Å². The summed E-state index contributed by atoms with van der Waals surface area (Å²) in [5, 5.41) is 9.17. The van der Waals surface area contributed by atoms with Gasteiger partial charge in [0.2, 0.25) is 5.91 Å². The minimum Gasteiger partial charge on any atom is -0.395 e. The molecule has 1 aromatic rings. The van der Waals surface area contributed by atoms with E-state index in [2.05, 4.69) is 21.8 Å². The number of likely N-dealkylation sites (tertiary alicyclic amines) is 1. The van der Waals surface area contributed by atoms with Crippen LogP contribution >= 0.6 is 0 Å². The van der Waals surface area contributed by atoms with E-state index in [0.717, 1.165) is 51.3 Å². The molecule has 0 aliphatic carbocycles. The van der Waals surface area contributed by atoms with Crippen LogP contribution in [0.3, 0.4) is 0 Å². The second-order valence-electron chi connectivity index (χ2n) is 6.57. The summed E-state index contributed by atoms with van der Waals surface area (Å²) in [7, 11) is 2.06. The molecule has 6 nitrogen and oxygen atoms in total. The van der Waals surface area contributed by atoms with Gasteiger partial charge in [-0.15, -0.1) is 0 Å². The number of amides is 1. The highest BCUT2D eigenvalue weighted by atomic mass is 16.3. The number of aliphatic hydroxyl groups excluding tert-OH is 1. The largest absolute Gasteiger partial charge is 0.395 e. The van der Waals surface area contributed by atoms with Gasteiger partial charge < -0.3 is 10.0 Å². The van der Waals surface area contributed by atoms with Crippen LogP contribution in [-0.4, -0.2) is 82.6 Å². The lowest BCUT2D eigenvalue weighted by molar-refractivity contribution is -0.154. The predicted molar refractivity (Wildman–Crippen MR) is 87.8 cm³/mol. The monoisotopic (exact) mass is 318 g/mol. The maximum Gasteiger partial charge on any atom is 0.243 e. The number of aliphatic hydroxyl groups is 1. The smallest absolute Gasteiger partial charge is 0.243 e. The maximum atomic E-state index is 12.9. The summed E-state index contributed by atoms with van der Waals surface area (Å²) in [6.45, 7) is 4.74. The first-order valence-corrected chi connectivity index (χ1v) is 8.39. The summed E-state index contributed by atoms with van der Waals surface area (Å²) >= 11 is 0. The fraction of sp³-hybridized carbons (Fsp3) is 0.647. The number of β-amino-alcohol motifs (C(OH)–C–C–N with tert-alkyl or cyclic N) is 1. The molecule has 0 bridgehead atoms. The molecule has 0 unspecified atom stereocenters. The predicted octanol–water partition coefficient (Wildman–Crippen LogP) is 0.183. The van der Waals surface area contributed by atoms with Crippen LogP contribution < -0.4 is 0 Å². The van der Waals surface area contributed by atoms with E-state index < -0.39 is 0 Å². The molecule has 3 rings (SSSR count). The molecule has 0 saturated carbocycles. The summed E-state index contributed by atoms with van der Waals surface area (Å²) in [5.41, 5.74) is 0.697. The molecule has 1 spiro atoms. The molecule has 2 aliphatic rings. The third-order valence-electron chi connectivity index (χ3n) is 5.29. The lowest BCUT2D eigenvalue weighted by Gasteiger charge is -2.51. The van der Waals surface area contributed by atoms with E-state index in [-0.39, 0.29) is 18.1 Å². The lowest BCUT2D eigenvalue weighted by Crippen LogP contribution is -2.67. The second-order valence-corrected chi connectivity index (χ2v) is 6.57. The topological polar surface area (TPSA) is 59.9 Å². The third kappa shape index (κ3) is 3.24. The number of carbonyl (C=O) groups excluding carboxylic acids is 1. The molecule has 2 fully saturated rings. The molecular formula is C17H26N4O2. The number of hydrogen-bond acceptors (Lipinski definition) is 5. The maximum absolute atomic E-state index is 12.9. The molecule has 2 aliphatic heterocycles. The number of pyridine rings is 1. The van der Waals surface area contributed by atoms with Crippen LogP contribution in [0, 0.1) is 0 Å². The molecule has 1 N–H and O–H groups in total. The zero-order chi connectivity index (χ0) is 16.3. The van der Waals surface area contributed by atoms with Crippen LogP contribution in [0.25, 0.3) is 0 Å². The quantitative estimate of drug-likeness (QED) is 0.858. The van der Waals surface area contributed by atoms with Gasteiger partial charge in [0.25, 0.3) is 0 Å². The lowest BCUT2D eigenvalue weighted by atomic mass is 9.82. The molecule has 3 heterocycles. The van der Waals surface area contributed by atoms with Crippen LogP contribution in [0.1, 0.15) is 18.5 Å². The van der Waals surface area contributed by atoms with Crippen molar-refractivity contribution in [3.05, 3.63) is 30.1 Å². The number of piperidine rings is 1. The van der Waals surface area contributed by atoms with Crippen molar-refractivity contribution >= 4 is 5.91 Å². The van der Waals surface area contributed by atoms with Gasteiger partial charge in [0.15, 0.2) is 0 Å². The van der Waals surface area contributed by atoms with Gasteiger partial charge in [-0.3, -0.25) is 19.6 Å². The summed E-state index contributed by atoms with van der Waals surface area (Å²) < 4.78 is 0. The van der Waals surface area contributed by atoms with Gasteiger partial charge in [-0.1, -0.05) is 6.07 Å². The van der Waals surface area contributed by atoms with Crippen molar-refractivity contribution in [3.63, 3.8) is 0 Å². The standard InChI is InChI=1S/C17H26N4O2/c1-19-10-11-21(12-13-22)16(23)17(19)5-8-20(9-6-17)14-15-4-2-3-7-18-15/h2-4,7,22H,5-6,8-14H2,1H3. The Morgan fingerprint density at radius 3 is 2.65 bits per heavy atom. The average Bonchev–Trinajstić information content (AvgIpc) is 2.58. The van der Waals surface area contributed by atoms with Gasteiger partial charge in [0, 0.05) is 45.5 Å². The fourth-order valence-corrected chi connectivity index (χ4v) is 3.78. The number of hydrogen-bond donors (Lipinski definition) is 1. The molecular weight excluding hydrogens is 292 g/mol. The Labute approximate surface area is 137 Å². The number of piperazine rings is 1. The van der Waals surface area contributed by atoms with Crippen LogP contribution in [-0.2, 0) is 11.3 Å². The Kier molecular flexibility index (Phi) is 4.94. The normalized spacial score (nSPS) is 22.7. The van der Waals surface area contributed by atoms with Crippen molar-refractivity contribution in [1.82, 2.24) is 19.7 Å². The summed E-state index contributed by atoms with van der Waals surface area (Å²) in [5.74, 6) is 0.192. The van der Waals surface area contributed by atoms with E-state index in [4.69, 9.17) is 0 Å². The van der Waals surface area contributed by atoms with Gasteiger partial charge >= 0.3 is 0 Å². The first-order chi connectivity index (χ1) is 11.2. The van der Waals surface area contributed by atoms with Gasteiger partial charge in [0.05, 0.1) is 12.3 Å². The highest BCUT2D eigenvalue weighted by molar-refractivity contribution is 5.87. The van der Waals surface area contributed by atoms with E-state index in [1.807, 2.05) is 29.3 Å². The van der Waals surface area contributed by atoms with Crippen molar-refractivity contribution in [2.75, 3.05) is 46.4 Å². The Bertz CT molecular complexity index is 529. The van der Waals surface area contributed by atoms with Crippen molar-refractivity contribution in [1.29, 1.82) is 0 Å². The Morgan fingerprint density at radius 2 is 2.00 bits per heavy atom. The Morgan fingerprint density at radius 1 is 1.22 bits per heavy atom. The van der Waals surface area contributed by atoms with Crippen LogP contribution in [0.4, 0.5) is 0 Å². The second kappa shape index (κ2) is 6.95. The highest BCUT2D eigenvalue weighted by Crippen LogP contribution is 2.33. The van der Waals surface area contributed by atoms with E-state index in [0.29, 0.717) is 6.54 Å². The number of rotatable bonds is 4. The van der Waals surface area contributed by atoms with Crippen molar-refractivity contribution < 1.29 is 9.90 Å². The Hall–Kier alpha value is -1.50. The molecule has 1 aromatic heterocycles. The Balaban J connectivity index is 1.64. The summed E-state index contributed by atoms with van der Waals surface area (Å²) in [4.78, 5) is 23.7. The number of carbonyl (C=O) groups is 1. The number of nitrogens with zero attached hydrogens (tertiary/aromatic N) is 4. The van der Waals surface area contributed by atoms with Crippen LogP contribution in [0.2, 0.25) is 0 Å². The SMILES string of the molecule is CN1CCN(CCO)C(=O)C12CCN(Cc1ccccn1)CC2. The average molecular weight is 318 g/mol. The van der Waals surface area contributed by atoms with Crippen molar-refractivity contribution in [3.8, 4) is 0 Å². The van der Waals surface area contributed by atoms with Crippen molar-refractivity contribution in [2.24, 2.45) is 0 Å². The van der Waals surface area contributed by atoms with Gasteiger partial charge in [-0.05, 0) is 32.0 Å². The highest BCUT2D eigenvalue weighted by Gasteiger charge is 2.48. The molecule has 2 saturated heterocycles. The van der Waals surface area contributed by atoms with E-state index in [9.17, 15) is 9.90 Å². The summed E-state index contributed by atoms with van der Waals surface area (Å²) in [6, 6.07) is 5.99. The van der Waals surface area contributed by atoms with E-state index in [1.165, 1.54) is 0 Å². The zero-order valence-corrected chi connectivity index (χ0v) is 13.8. The molecule has 6 heteroatoms.